The van der Waals surface area contributed by atoms with Crippen LogP contribution in [0.2, 0.25) is 0 Å². The van der Waals surface area contributed by atoms with Crippen molar-refractivity contribution in [1.82, 2.24) is 14.1 Å². The molecule has 0 spiro atoms. The molecule has 0 aliphatic carbocycles. The molecule has 49 heavy (non-hydrogen) atoms. The van der Waals surface area contributed by atoms with Gasteiger partial charge in [-0.15, -0.1) is 0 Å². The quantitative estimate of drug-likeness (QED) is 0.196. The number of aromatic nitrogens is 3. The van der Waals surface area contributed by atoms with Crippen LogP contribution in [0.5, 0.6) is 0 Å². The molecule has 0 aliphatic heterocycles. The van der Waals surface area contributed by atoms with E-state index in [-0.39, 0.29) is 0 Å². The molecular weight excluding hydrogens is 599 g/mol. The van der Waals surface area contributed by atoms with Crippen LogP contribution in [-0.4, -0.2) is 14.1 Å². The van der Waals surface area contributed by atoms with E-state index in [1.165, 1.54) is 38.0 Å². The topological polar surface area (TPSA) is 35.9 Å². The fourth-order valence-corrected chi connectivity index (χ4v) is 8.11. The van der Waals surface area contributed by atoms with Crippen molar-refractivity contribution >= 4 is 76.3 Å². The number of nitrogens with zero attached hydrogens (tertiary/aromatic N) is 3. The van der Waals surface area contributed by atoms with Crippen LogP contribution in [0.25, 0.3) is 98.8 Å². The summed E-state index contributed by atoms with van der Waals surface area (Å²) in [7, 11) is 0. The van der Waals surface area contributed by atoms with Gasteiger partial charge in [-0.1, -0.05) is 91.0 Å². The lowest BCUT2D eigenvalue weighted by Crippen LogP contribution is -1.98. The van der Waals surface area contributed by atoms with Gasteiger partial charge in [0.25, 0.3) is 0 Å². The van der Waals surface area contributed by atoms with Gasteiger partial charge in [0.2, 0.25) is 0 Å². The Morgan fingerprint density at radius 3 is 1.82 bits per heavy atom. The van der Waals surface area contributed by atoms with Gasteiger partial charge in [0, 0.05) is 55.7 Å². The molecule has 0 aliphatic rings. The van der Waals surface area contributed by atoms with E-state index >= 15 is 0 Å². The lowest BCUT2D eigenvalue weighted by Gasteiger charge is -2.15. The van der Waals surface area contributed by atoms with Gasteiger partial charge < -0.3 is 13.6 Å². The standard InChI is InChI=1S/C45H27N3O/c1-5-15-37-30(11-1)31-12-2-6-16-38(31)48(37)42-23-21-34-33-14-4-8-19-43(33)49-45(34)44(42)29-20-22-41-35(26-29)32-13-3-7-17-39(32)47(41)40-18-9-10-28-24-25-46-27-36(28)40/h1-27H. The minimum atomic E-state index is 0.889. The number of hydrogen-bond donors (Lipinski definition) is 0. The van der Waals surface area contributed by atoms with E-state index in [1.807, 2.05) is 18.5 Å². The van der Waals surface area contributed by atoms with E-state index in [2.05, 4.69) is 160 Å². The smallest absolute Gasteiger partial charge is 0.145 e. The molecule has 0 N–H and O–H groups in total. The highest BCUT2D eigenvalue weighted by atomic mass is 16.3. The summed E-state index contributed by atoms with van der Waals surface area (Å²) < 4.78 is 11.6. The highest BCUT2D eigenvalue weighted by Gasteiger charge is 2.22. The summed E-state index contributed by atoms with van der Waals surface area (Å²) in [5, 5.41) is 9.38. The van der Waals surface area contributed by atoms with Crippen molar-refractivity contribution in [3.8, 4) is 22.5 Å². The molecule has 4 heterocycles. The maximum Gasteiger partial charge on any atom is 0.145 e. The fraction of sp³-hybridized carbons (Fsp3) is 0. The van der Waals surface area contributed by atoms with Crippen LogP contribution in [-0.2, 0) is 0 Å². The summed E-state index contributed by atoms with van der Waals surface area (Å²) >= 11 is 0. The summed E-state index contributed by atoms with van der Waals surface area (Å²) in [4.78, 5) is 4.50. The van der Waals surface area contributed by atoms with Crippen molar-refractivity contribution < 1.29 is 4.42 Å². The number of para-hydroxylation sites is 4. The zero-order chi connectivity index (χ0) is 32.1. The Morgan fingerprint density at radius 1 is 0.429 bits per heavy atom. The van der Waals surface area contributed by atoms with Crippen molar-refractivity contribution in [3.05, 3.63) is 164 Å². The first kappa shape index (κ1) is 26.4. The van der Waals surface area contributed by atoms with E-state index in [4.69, 9.17) is 4.42 Å². The van der Waals surface area contributed by atoms with Crippen LogP contribution in [0.15, 0.2) is 168 Å². The molecule has 0 fully saturated rings. The molecule has 0 atom stereocenters. The third-order valence-electron chi connectivity index (χ3n) is 10.2. The van der Waals surface area contributed by atoms with Crippen LogP contribution in [0, 0.1) is 0 Å². The Morgan fingerprint density at radius 2 is 1.06 bits per heavy atom. The van der Waals surface area contributed by atoms with Gasteiger partial charge in [-0.3, -0.25) is 4.98 Å². The highest BCUT2D eigenvalue weighted by Crippen LogP contribution is 2.44. The normalized spacial score (nSPS) is 12.1. The highest BCUT2D eigenvalue weighted by molar-refractivity contribution is 6.16. The first-order valence-electron chi connectivity index (χ1n) is 16.6. The molecule has 0 unspecified atom stereocenters. The second-order valence-corrected chi connectivity index (χ2v) is 12.8. The van der Waals surface area contributed by atoms with Crippen LogP contribution >= 0.6 is 0 Å². The monoisotopic (exact) mass is 625 g/mol. The summed E-state index contributed by atoms with van der Waals surface area (Å²) in [5.74, 6) is 0. The van der Waals surface area contributed by atoms with E-state index in [0.717, 1.165) is 60.9 Å². The van der Waals surface area contributed by atoms with Crippen LogP contribution in [0.4, 0.5) is 0 Å². The maximum atomic E-state index is 6.80. The van der Waals surface area contributed by atoms with Crippen molar-refractivity contribution in [2.75, 3.05) is 0 Å². The minimum absolute atomic E-state index is 0.889. The van der Waals surface area contributed by atoms with Crippen molar-refractivity contribution in [3.63, 3.8) is 0 Å². The lowest BCUT2D eigenvalue weighted by atomic mass is 9.98. The van der Waals surface area contributed by atoms with Gasteiger partial charge in [0.1, 0.15) is 11.2 Å². The average molecular weight is 626 g/mol. The minimum Gasteiger partial charge on any atom is -0.455 e. The first-order valence-corrected chi connectivity index (χ1v) is 16.6. The summed E-state index contributed by atoms with van der Waals surface area (Å²) in [5.41, 5.74) is 10.8. The van der Waals surface area contributed by atoms with Gasteiger partial charge in [-0.2, -0.15) is 0 Å². The zero-order valence-corrected chi connectivity index (χ0v) is 26.3. The van der Waals surface area contributed by atoms with Gasteiger partial charge in [0.15, 0.2) is 0 Å². The molecule has 228 valence electrons. The van der Waals surface area contributed by atoms with Crippen molar-refractivity contribution in [1.29, 1.82) is 0 Å². The Labute approximate surface area is 280 Å². The van der Waals surface area contributed by atoms with Gasteiger partial charge in [-0.25, -0.2) is 0 Å². The van der Waals surface area contributed by atoms with Crippen LogP contribution in [0.1, 0.15) is 0 Å². The Balaban J connectivity index is 1.27. The Hall–Kier alpha value is -6.65. The van der Waals surface area contributed by atoms with E-state index in [9.17, 15) is 0 Å². The van der Waals surface area contributed by atoms with Crippen molar-refractivity contribution in [2.24, 2.45) is 0 Å². The van der Waals surface area contributed by atoms with Gasteiger partial charge >= 0.3 is 0 Å². The summed E-state index contributed by atoms with van der Waals surface area (Å²) in [6, 6.07) is 54.4. The molecule has 0 saturated heterocycles. The molecule has 11 rings (SSSR count). The number of hydrogen-bond acceptors (Lipinski definition) is 2. The molecule has 0 saturated carbocycles. The molecule has 0 bridgehead atoms. The predicted molar refractivity (Wildman–Crippen MR) is 203 cm³/mol. The molecule has 4 heteroatoms. The van der Waals surface area contributed by atoms with Crippen molar-refractivity contribution in [2.45, 2.75) is 0 Å². The Kier molecular flexibility index (Phi) is 5.35. The summed E-state index contributed by atoms with van der Waals surface area (Å²) in [6.45, 7) is 0. The van der Waals surface area contributed by atoms with Crippen LogP contribution in [0.3, 0.4) is 0 Å². The molecule has 7 aromatic carbocycles. The van der Waals surface area contributed by atoms with E-state index in [1.54, 1.807) is 0 Å². The third-order valence-corrected chi connectivity index (χ3v) is 10.2. The number of fused-ring (bicyclic) bond motifs is 10. The molecule has 11 aromatic rings. The molecule has 4 aromatic heterocycles. The lowest BCUT2D eigenvalue weighted by molar-refractivity contribution is 0.670. The van der Waals surface area contributed by atoms with E-state index < -0.39 is 0 Å². The van der Waals surface area contributed by atoms with Crippen LogP contribution < -0.4 is 0 Å². The average Bonchev–Trinajstić information content (AvgIpc) is 3.82. The molecule has 0 radical (unpaired) electrons. The number of benzene rings is 7. The Bertz CT molecular complexity index is 3060. The molecule has 4 nitrogen and oxygen atoms in total. The third kappa shape index (κ3) is 3.66. The zero-order valence-electron chi connectivity index (χ0n) is 26.3. The summed E-state index contributed by atoms with van der Waals surface area (Å²) in [6.07, 6.45) is 3.83. The largest absolute Gasteiger partial charge is 0.455 e. The number of furan rings is 1. The second-order valence-electron chi connectivity index (χ2n) is 12.8. The maximum absolute atomic E-state index is 6.80. The second kappa shape index (κ2) is 9.93. The fourth-order valence-electron chi connectivity index (χ4n) is 8.11. The first-order chi connectivity index (χ1) is 24.3. The van der Waals surface area contributed by atoms with Gasteiger partial charge in [-0.05, 0) is 71.6 Å². The number of rotatable bonds is 3. The predicted octanol–water partition coefficient (Wildman–Crippen LogP) is 12.0. The molecular formula is C45H27N3O. The SMILES string of the molecule is c1cc(-n2c3ccccc3c3cc(-c4c(-n5c6ccccc6c6ccccc65)ccc5c4oc4ccccc45)ccc32)c2cnccc2c1. The van der Waals surface area contributed by atoms with E-state index in [0.29, 0.717) is 0 Å². The van der Waals surface area contributed by atoms with Gasteiger partial charge in [0.05, 0.1) is 33.4 Å². The molecule has 0 amide bonds. The number of pyridine rings is 1.